The number of aryl methyl sites for hydroxylation is 1. The van der Waals surface area contributed by atoms with Crippen molar-refractivity contribution in [3.63, 3.8) is 0 Å². The van der Waals surface area contributed by atoms with Gasteiger partial charge in [0.25, 0.3) is 5.91 Å². The van der Waals surface area contributed by atoms with Crippen LogP contribution in [-0.2, 0) is 6.54 Å². The van der Waals surface area contributed by atoms with Crippen molar-refractivity contribution >= 4 is 5.91 Å². The highest BCUT2D eigenvalue weighted by Crippen LogP contribution is 2.34. The molecule has 2 aromatic carbocycles. The van der Waals surface area contributed by atoms with Crippen LogP contribution in [-0.4, -0.2) is 37.0 Å². The Balaban J connectivity index is 1.81. The Morgan fingerprint density at radius 1 is 1.00 bits per heavy atom. The second kappa shape index (κ2) is 8.68. The van der Waals surface area contributed by atoms with Crippen LogP contribution in [0.3, 0.4) is 0 Å². The van der Waals surface area contributed by atoms with Gasteiger partial charge in [-0.15, -0.1) is 0 Å². The Morgan fingerprint density at radius 2 is 1.66 bits per heavy atom. The zero-order valence-corrected chi connectivity index (χ0v) is 17.3. The summed E-state index contributed by atoms with van der Waals surface area (Å²) in [6.45, 7) is 4.17. The molecule has 0 aliphatic carbocycles. The maximum atomic E-state index is 12.8. The number of hydrogen-bond donors (Lipinski definition) is 1. The van der Waals surface area contributed by atoms with Gasteiger partial charge in [-0.25, -0.2) is 4.68 Å². The Morgan fingerprint density at radius 3 is 2.31 bits per heavy atom. The molecule has 7 heteroatoms. The fourth-order valence-corrected chi connectivity index (χ4v) is 3.18. The van der Waals surface area contributed by atoms with Crippen LogP contribution in [0.2, 0.25) is 0 Å². The van der Waals surface area contributed by atoms with Crippen molar-refractivity contribution in [2.75, 3.05) is 21.3 Å². The third-order valence-corrected chi connectivity index (χ3v) is 4.82. The normalized spacial score (nSPS) is 10.5. The van der Waals surface area contributed by atoms with E-state index < -0.39 is 0 Å². The lowest BCUT2D eigenvalue weighted by molar-refractivity contribution is 0.0950. The van der Waals surface area contributed by atoms with E-state index in [4.69, 9.17) is 14.2 Å². The van der Waals surface area contributed by atoms with E-state index in [1.807, 2.05) is 38.1 Å². The number of methoxy groups -OCH3 is 3. The summed E-state index contributed by atoms with van der Waals surface area (Å²) in [5.74, 6) is 1.53. The minimum Gasteiger partial charge on any atom is -0.496 e. The van der Waals surface area contributed by atoms with Gasteiger partial charge < -0.3 is 19.5 Å². The van der Waals surface area contributed by atoms with Crippen LogP contribution in [0.15, 0.2) is 42.6 Å². The predicted octanol–water partition coefficient (Wildman–Crippen LogP) is 3.44. The van der Waals surface area contributed by atoms with Gasteiger partial charge in [-0.1, -0.05) is 18.2 Å². The van der Waals surface area contributed by atoms with Gasteiger partial charge in [-0.3, -0.25) is 4.79 Å². The Labute approximate surface area is 170 Å². The smallest absolute Gasteiger partial charge is 0.255 e. The van der Waals surface area contributed by atoms with Crippen LogP contribution in [0.25, 0.3) is 5.69 Å². The van der Waals surface area contributed by atoms with Crippen LogP contribution in [0.5, 0.6) is 17.2 Å². The number of hydrogen-bond acceptors (Lipinski definition) is 5. The molecule has 0 atom stereocenters. The molecular weight excluding hydrogens is 370 g/mol. The molecule has 0 spiro atoms. The molecule has 3 aromatic rings. The lowest BCUT2D eigenvalue weighted by Crippen LogP contribution is -2.23. The summed E-state index contributed by atoms with van der Waals surface area (Å²) in [5.41, 5.74) is 4.11. The molecule has 0 unspecified atom stereocenters. The number of rotatable bonds is 7. The predicted molar refractivity (Wildman–Crippen MR) is 110 cm³/mol. The van der Waals surface area contributed by atoms with Gasteiger partial charge in [-0.2, -0.15) is 5.10 Å². The molecule has 0 bridgehead atoms. The molecule has 3 rings (SSSR count). The largest absolute Gasteiger partial charge is 0.496 e. The van der Waals surface area contributed by atoms with Crippen molar-refractivity contribution < 1.29 is 19.0 Å². The van der Waals surface area contributed by atoms with Crippen LogP contribution >= 0.6 is 0 Å². The van der Waals surface area contributed by atoms with E-state index in [0.717, 1.165) is 22.5 Å². The van der Waals surface area contributed by atoms with E-state index in [0.29, 0.717) is 22.8 Å². The molecule has 7 nitrogen and oxygen atoms in total. The minimum atomic E-state index is -0.209. The number of carbonyl (C=O) groups excluding carboxylic acids is 1. The second-order valence-electron chi connectivity index (χ2n) is 6.54. The summed E-state index contributed by atoms with van der Waals surface area (Å²) >= 11 is 0. The number of para-hydroxylation sites is 1. The van der Waals surface area contributed by atoms with Gasteiger partial charge >= 0.3 is 0 Å². The Hall–Kier alpha value is -3.48. The molecule has 1 N–H and O–H groups in total. The maximum Gasteiger partial charge on any atom is 0.255 e. The molecule has 0 saturated carbocycles. The third-order valence-electron chi connectivity index (χ3n) is 4.82. The summed E-state index contributed by atoms with van der Waals surface area (Å²) < 4.78 is 17.8. The molecule has 0 aliphatic rings. The summed E-state index contributed by atoms with van der Waals surface area (Å²) in [5, 5.41) is 7.33. The molecule has 1 amide bonds. The van der Waals surface area contributed by atoms with E-state index in [1.165, 1.54) is 0 Å². The van der Waals surface area contributed by atoms with E-state index in [2.05, 4.69) is 10.4 Å². The fourth-order valence-electron chi connectivity index (χ4n) is 3.18. The van der Waals surface area contributed by atoms with E-state index >= 15 is 0 Å². The zero-order valence-electron chi connectivity index (χ0n) is 17.3. The number of aromatic nitrogens is 2. The number of nitrogens with zero attached hydrogens (tertiary/aromatic N) is 2. The van der Waals surface area contributed by atoms with Crippen LogP contribution < -0.4 is 19.5 Å². The zero-order chi connectivity index (χ0) is 21.0. The van der Waals surface area contributed by atoms with Crippen molar-refractivity contribution in [2.24, 2.45) is 0 Å². The summed E-state index contributed by atoms with van der Waals surface area (Å²) in [4.78, 5) is 12.8. The average molecular weight is 395 g/mol. The first-order valence-electron chi connectivity index (χ1n) is 9.17. The fraction of sp³-hybridized carbons (Fsp3) is 0.273. The van der Waals surface area contributed by atoms with Gasteiger partial charge in [0.15, 0.2) is 11.5 Å². The summed E-state index contributed by atoms with van der Waals surface area (Å²) in [6.07, 6.45) is 1.59. The van der Waals surface area contributed by atoms with Gasteiger partial charge in [0, 0.05) is 18.2 Å². The first kappa shape index (κ1) is 20.3. The Bertz CT molecular complexity index is 1030. The molecule has 0 saturated heterocycles. The monoisotopic (exact) mass is 395 g/mol. The minimum absolute atomic E-state index is 0.209. The lowest BCUT2D eigenvalue weighted by Gasteiger charge is -2.14. The molecule has 1 aromatic heterocycles. The quantitative estimate of drug-likeness (QED) is 0.663. The summed E-state index contributed by atoms with van der Waals surface area (Å²) in [7, 11) is 4.70. The van der Waals surface area contributed by atoms with Crippen molar-refractivity contribution in [1.29, 1.82) is 0 Å². The number of carbonyl (C=O) groups is 1. The van der Waals surface area contributed by atoms with Gasteiger partial charge in [0.05, 0.1) is 44.5 Å². The van der Waals surface area contributed by atoms with Crippen molar-refractivity contribution in [1.82, 2.24) is 15.1 Å². The molecule has 152 valence electrons. The SMILES string of the molecule is COc1cc(OC)c(OC)cc1CNC(=O)c1cnn(-c2ccccc2C)c1C. The molecule has 0 fully saturated rings. The first-order valence-corrected chi connectivity index (χ1v) is 9.17. The molecule has 29 heavy (non-hydrogen) atoms. The highest BCUT2D eigenvalue weighted by Gasteiger charge is 2.17. The van der Waals surface area contributed by atoms with Crippen LogP contribution in [0, 0.1) is 13.8 Å². The number of ether oxygens (including phenoxy) is 3. The third kappa shape index (κ3) is 4.03. The first-order chi connectivity index (χ1) is 14.0. The number of amides is 1. The summed E-state index contributed by atoms with van der Waals surface area (Å²) in [6, 6.07) is 11.4. The van der Waals surface area contributed by atoms with Gasteiger partial charge in [-0.05, 0) is 31.5 Å². The number of nitrogens with one attached hydrogen (secondary N) is 1. The number of benzene rings is 2. The average Bonchev–Trinajstić information content (AvgIpc) is 3.12. The molecular formula is C22H25N3O4. The van der Waals surface area contributed by atoms with E-state index in [9.17, 15) is 4.79 Å². The topological polar surface area (TPSA) is 74.6 Å². The van der Waals surface area contributed by atoms with Crippen molar-refractivity contribution in [2.45, 2.75) is 20.4 Å². The standard InChI is InChI=1S/C22H25N3O4/c1-14-8-6-7-9-18(14)25-15(2)17(13-24-25)22(26)23-12-16-10-20(28-4)21(29-5)11-19(16)27-3/h6-11,13H,12H2,1-5H3,(H,23,26). The molecule has 1 heterocycles. The molecule has 0 aliphatic heterocycles. The second-order valence-corrected chi connectivity index (χ2v) is 6.54. The van der Waals surface area contributed by atoms with E-state index in [-0.39, 0.29) is 12.5 Å². The highest BCUT2D eigenvalue weighted by molar-refractivity contribution is 5.95. The lowest BCUT2D eigenvalue weighted by atomic mass is 10.1. The van der Waals surface area contributed by atoms with Crippen LogP contribution in [0.4, 0.5) is 0 Å². The van der Waals surface area contributed by atoms with Crippen molar-refractivity contribution in [3.05, 3.63) is 65.0 Å². The van der Waals surface area contributed by atoms with Gasteiger partial charge in [0.1, 0.15) is 5.75 Å². The van der Waals surface area contributed by atoms with Crippen molar-refractivity contribution in [3.8, 4) is 22.9 Å². The maximum absolute atomic E-state index is 12.8. The van der Waals surface area contributed by atoms with Crippen LogP contribution in [0.1, 0.15) is 27.2 Å². The Kier molecular flexibility index (Phi) is 6.07. The van der Waals surface area contributed by atoms with E-state index in [1.54, 1.807) is 44.3 Å². The van der Waals surface area contributed by atoms with Gasteiger partial charge in [0.2, 0.25) is 0 Å². The highest BCUT2D eigenvalue weighted by atomic mass is 16.5. The molecule has 0 radical (unpaired) electrons.